The first-order valence-corrected chi connectivity index (χ1v) is 10.5. The van der Waals surface area contributed by atoms with Gasteiger partial charge in [-0.25, -0.2) is 18.4 Å². The van der Waals surface area contributed by atoms with Crippen molar-refractivity contribution >= 4 is 11.6 Å². The fraction of sp³-hybridized carbons (Fsp3) is 0.364. The Morgan fingerprint density at radius 1 is 1.00 bits per heavy atom. The number of β-amino-alcohol motifs (C(OH)–C–C–N with tert-alkyl or cyclic N) is 1. The lowest BCUT2D eigenvalue weighted by molar-refractivity contribution is -0.0324. The van der Waals surface area contributed by atoms with E-state index in [4.69, 9.17) is 11.6 Å². The third-order valence-corrected chi connectivity index (χ3v) is 5.80. The normalized spacial score (nSPS) is 17.5. The molecule has 2 aromatic carbocycles. The molecule has 9 heteroatoms. The fourth-order valence-electron chi connectivity index (χ4n) is 4.04. The second-order valence-corrected chi connectivity index (χ2v) is 8.37. The van der Waals surface area contributed by atoms with E-state index in [1.165, 1.54) is 23.4 Å². The monoisotopic (exact) mass is 447 g/mol. The number of nitrogens with zero attached hydrogens (tertiary/aromatic N) is 5. The Bertz CT molecular complexity index is 1010. The van der Waals surface area contributed by atoms with E-state index < -0.39 is 17.2 Å². The summed E-state index contributed by atoms with van der Waals surface area (Å²) in [6, 6.07) is 11.1. The molecular formula is C22H24ClF2N5O. The molecule has 0 amide bonds. The summed E-state index contributed by atoms with van der Waals surface area (Å²) in [6.45, 7) is 4.03. The molecule has 1 N–H and O–H groups in total. The van der Waals surface area contributed by atoms with Crippen LogP contribution in [0.2, 0.25) is 5.02 Å². The van der Waals surface area contributed by atoms with Gasteiger partial charge in [0, 0.05) is 55.9 Å². The number of halogens is 3. The van der Waals surface area contributed by atoms with Gasteiger partial charge < -0.3 is 5.11 Å². The molecule has 0 spiro atoms. The van der Waals surface area contributed by atoms with Gasteiger partial charge in [0.2, 0.25) is 0 Å². The van der Waals surface area contributed by atoms with Crippen LogP contribution in [-0.4, -0.2) is 62.4 Å². The van der Waals surface area contributed by atoms with Gasteiger partial charge in [-0.05, 0) is 23.8 Å². The van der Waals surface area contributed by atoms with Crippen molar-refractivity contribution in [1.82, 2.24) is 24.6 Å². The first-order chi connectivity index (χ1) is 14.9. The standard InChI is InChI=1S/C22H24ClF2N5O/c23-18-3-1-2-17(10-18)12-28-6-8-29(9-7-28)13-22(31,14-30-16-26-15-27-30)20-5-4-19(24)11-21(20)25/h1-5,10-11,15-16,31H,6-9,12-14H2. The van der Waals surface area contributed by atoms with Crippen LogP contribution in [0.1, 0.15) is 11.1 Å². The number of aliphatic hydroxyl groups is 1. The molecule has 0 aliphatic carbocycles. The van der Waals surface area contributed by atoms with E-state index in [2.05, 4.69) is 19.9 Å². The van der Waals surface area contributed by atoms with Crippen LogP contribution in [0, 0.1) is 11.6 Å². The Hall–Kier alpha value is -2.39. The highest BCUT2D eigenvalue weighted by atomic mass is 35.5. The molecule has 0 saturated carbocycles. The summed E-state index contributed by atoms with van der Waals surface area (Å²) >= 11 is 6.08. The van der Waals surface area contributed by atoms with Crippen molar-refractivity contribution in [3.05, 3.63) is 82.9 Å². The van der Waals surface area contributed by atoms with E-state index in [0.717, 1.165) is 42.4 Å². The predicted octanol–water partition coefficient (Wildman–Crippen LogP) is 2.92. The quantitative estimate of drug-likeness (QED) is 0.603. The maximum absolute atomic E-state index is 14.6. The van der Waals surface area contributed by atoms with Gasteiger partial charge in [0.15, 0.2) is 0 Å². The van der Waals surface area contributed by atoms with E-state index in [1.54, 1.807) is 0 Å². The summed E-state index contributed by atoms with van der Waals surface area (Å²) in [6.07, 6.45) is 2.82. The van der Waals surface area contributed by atoms with E-state index in [0.29, 0.717) is 13.1 Å². The Balaban J connectivity index is 1.45. The van der Waals surface area contributed by atoms with Crippen molar-refractivity contribution in [3.63, 3.8) is 0 Å². The molecule has 1 unspecified atom stereocenters. The largest absolute Gasteiger partial charge is 0.382 e. The highest BCUT2D eigenvalue weighted by molar-refractivity contribution is 6.30. The summed E-state index contributed by atoms with van der Waals surface area (Å²) in [5, 5.41) is 16.3. The predicted molar refractivity (Wildman–Crippen MR) is 113 cm³/mol. The van der Waals surface area contributed by atoms with Crippen LogP contribution in [0.4, 0.5) is 8.78 Å². The Morgan fingerprint density at radius 3 is 2.45 bits per heavy atom. The summed E-state index contributed by atoms with van der Waals surface area (Å²) in [7, 11) is 0. The van der Waals surface area contributed by atoms with Crippen molar-refractivity contribution in [2.24, 2.45) is 0 Å². The zero-order valence-corrected chi connectivity index (χ0v) is 17.7. The summed E-state index contributed by atoms with van der Waals surface area (Å²) in [4.78, 5) is 8.30. The minimum absolute atomic E-state index is 0.0122. The zero-order valence-electron chi connectivity index (χ0n) is 17.0. The summed E-state index contributed by atoms with van der Waals surface area (Å²) in [5.74, 6) is -1.46. The van der Waals surface area contributed by atoms with Crippen LogP contribution in [-0.2, 0) is 18.7 Å². The smallest absolute Gasteiger partial charge is 0.137 e. The molecule has 1 fully saturated rings. The SMILES string of the molecule is OC(CN1CCN(Cc2cccc(Cl)c2)CC1)(Cn1cncn1)c1ccc(F)cc1F. The molecule has 4 rings (SSSR count). The summed E-state index contributed by atoms with van der Waals surface area (Å²) < 4.78 is 29.5. The molecule has 1 aliphatic rings. The van der Waals surface area contributed by atoms with Gasteiger partial charge >= 0.3 is 0 Å². The lowest BCUT2D eigenvalue weighted by Crippen LogP contribution is -2.52. The van der Waals surface area contributed by atoms with E-state index in [-0.39, 0.29) is 18.7 Å². The third-order valence-electron chi connectivity index (χ3n) is 5.57. The van der Waals surface area contributed by atoms with Crippen molar-refractivity contribution in [2.45, 2.75) is 18.7 Å². The Morgan fingerprint density at radius 2 is 1.77 bits per heavy atom. The van der Waals surface area contributed by atoms with Crippen molar-refractivity contribution in [1.29, 1.82) is 0 Å². The van der Waals surface area contributed by atoms with Crippen LogP contribution in [0.25, 0.3) is 0 Å². The second-order valence-electron chi connectivity index (χ2n) is 7.93. The molecule has 1 atom stereocenters. The molecule has 2 heterocycles. The molecule has 1 saturated heterocycles. The number of aromatic nitrogens is 3. The van der Waals surface area contributed by atoms with Crippen LogP contribution >= 0.6 is 11.6 Å². The highest BCUT2D eigenvalue weighted by Crippen LogP contribution is 2.28. The van der Waals surface area contributed by atoms with Crippen LogP contribution in [0.5, 0.6) is 0 Å². The minimum atomic E-state index is -1.58. The molecule has 0 radical (unpaired) electrons. The summed E-state index contributed by atoms with van der Waals surface area (Å²) in [5.41, 5.74) is -0.386. The molecule has 164 valence electrons. The van der Waals surface area contributed by atoms with E-state index in [9.17, 15) is 13.9 Å². The highest BCUT2D eigenvalue weighted by Gasteiger charge is 2.36. The number of piperazine rings is 1. The van der Waals surface area contributed by atoms with E-state index in [1.807, 2.05) is 24.3 Å². The minimum Gasteiger partial charge on any atom is -0.382 e. The van der Waals surface area contributed by atoms with Crippen molar-refractivity contribution in [3.8, 4) is 0 Å². The number of benzene rings is 2. The average molecular weight is 448 g/mol. The van der Waals surface area contributed by atoms with Crippen LogP contribution < -0.4 is 0 Å². The first-order valence-electron chi connectivity index (χ1n) is 10.1. The maximum atomic E-state index is 14.6. The molecular weight excluding hydrogens is 424 g/mol. The van der Waals surface area contributed by atoms with Gasteiger partial charge in [-0.15, -0.1) is 0 Å². The number of hydrogen-bond acceptors (Lipinski definition) is 5. The van der Waals surface area contributed by atoms with Gasteiger partial charge in [-0.1, -0.05) is 29.8 Å². The molecule has 3 aromatic rings. The fourth-order valence-corrected chi connectivity index (χ4v) is 4.25. The third kappa shape index (κ3) is 5.46. The van der Waals surface area contributed by atoms with Gasteiger partial charge in [-0.3, -0.25) is 9.80 Å². The van der Waals surface area contributed by atoms with Crippen LogP contribution in [0.3, 0.4) is 0 Å². The molecule has 6 nitrogen and oxygen atoms in total. The Labute approximate surface area is 184 Å². The maximum Gasteiger partial charge on any atom is 0.137 e. The topological polar surface area (TPSA) is 57.4 Å². The lowest BCUT2D eigenvalue weighted by atomic mass is 9.92. The molecule has 1 aliphatic heterocycles. The van der Waals surface area contributed by atoms with Gasteiger partial charge in [0.1, 0.15) is 29.9 Å². The van der Waals surface area contributed by atoms with Gasteiger partial charge in [0.25, 0.3) is 0 Å². The first kappa shape index (κ1) is 21.8. The van der Waals surface area contributed by atoms with Crippen molar-refractivity contribution in [2.75, 3.05) is 32.7 Å². The number of hydrogen-bond donors (Lipinski definition) is 1. The van der Waals surface area contributed by atoms with Gasteiger partial charge in [0.05, 0.1) is 6.54 Å². The van der Waals surface area contributed by atoms with E-state index >= 15 is 0 Å². The number of rotatable bonds is 7. The average Bonchev–Trinajstić information content (AvgIpc) is 3.22. The molecule has 31 heavy (non-hydrogen) atoms. The molecule has 1 aromatic heterocycles. The lowest BCUT2D eigenvalue weighted by Gasteiger charge is -2.39. The van der Waals surface area contributed by atoms with Gasteiger partial charge in [-0.2, -0.15) is 5.10 Å². The molecule has 0 bridgehead atoms. The Kier molecular flexibility index (Phi) is 6.62. The van der Waals surface area contributed by atoms with Crippen molar-refractivity contribution < 1.29 is 13.9 Å². The zero-order chi connectivity index (χ0) is 21.8. The second kappa shape index (κ2) is 9.40. The van der Waals surface area contributed by atoms with Crippen LogP contribution in [0.15, 0.2) is 55.1 Å².